The molecule has 9 heteroatoms. The molecule has 0 aliphatic heterocycles. The number of fused-ring (bicyclic) bond motifs is 6. The fourth-order valence-electron chi connectivity index (χ4n) is 11.3. The molecule has 0 saturated heterocycles. The maximum Gasteiger partial charge on any atom is 0.149 e. The number of allylic oxidation sites excluding steroid dienone is 5. The van der Waals surface area contributed by atoms with Crippen molar-refractivity contribution in [3.8, 4) is 67.9 Å². The molecule has 2 N–H and O–H groups in total. The van der Waals surface area contributed by atoms with E-state index in [9.17, 15) is 0 Å². The van der Waals surface area contributed by atoms with Gasteiger partial charge >= 0.3 is 0 Å². The molecule has 14 rings (SSSR count). The van der Waals surface area contributed by atoms with E-state index in [2.05, 4.69) is 208 Å². The van der Waals surface area contributed by atoms with Gasteiger partial charge in [0, 0.05) is 61.1 Å². The molecule has 0 fully saturated rings. The first-order valence-corrected chi connectivity index (χ1v) is 27.7. The van der Waals surface area contributed by atoms with Crippen molar-refractivity contribution in [2.45, 2.75) is 6.92 Å². The van der Waals surface area contributed by atoms with Crippen molar-refractivity contribution in [2.24, 2.45) is 0 Å². The summed E-state index contributed by atoms with van der Waals surface area (Å²) in [7, 11) is 0. The topological polar surface area (TPSA) is 104 Å². The predicted octanol–water partition coefficient (Wildman–Crippen LogP) is 17.6. The van der Waals surface area contributed by atoms with Gasteiger partial charge in [0.2, 0.25) is 0 Å². The maximum atomic E-state index is 6.93. The van der Waals surface area contributed by atoms with E-state index in [0.717, 1.165) is 135 Å². The van der Waals surface area contributed by atoms with E-state index in [1.807, 2.05) is 91.0 Å². The fraction of sp³-hybridized carbons (Fsp3) is 0.0135. The molecule has 9 nitrogen and oxygen atoms in total. The number of anilines is 1. The Bertz CT molecular complexity index is 4840. The highest BCUT2D eigenvalue weighted by atomic mass is 15.1. The average molecular weight is 1070 g/mol. The molecule has 5 heterocycles. The second kappa shape index (κ2) is 21.4. The van der Waals surface area contributed by atoms with Gasteiger partial charge in [-0.05, 0) is 66.6 Å². The average Bonchev–Trinajstić information content (AvgIpc) is 3.55. The van der Waals surface area contributed by atoms with Gasteiger partial charge in [-0.2, -0.15) is 0 Å². The van der Waals surface area contributed by atoms with Gasteiger partial charge in [0.1, 0.15) is 28.8 Å². The zero-order valence-electron chi connectivity index (χ0n) is 45.4. The van der Waals surface area contributed by atoms with Crippen molar-refractivity contribution < 1.29 is 0 Å². The minimum Gasteiger partial charge on any atom is -0.398 e. The summed E-state index contributed by atoms with van der Waals surface area (Å²) in [6.45, 7) is 6.86. The molecule has 0 aliphatic carbocycles. The molecule has 0 radical (unpaired) electrons. The molecule has 0 saturated carbocycles. The molecule has 0 aliphatic rings. The second-order valence-electron chi connectivity index (χ2n) is 20.3. The molecule has 0 unspecified atom stereocenters. The van der Waals surface area contributed by atoms with Crippen LogP contribution in [-0.4, -0.2) is 38.3 Å². The zero-order valence-corrected chi connectivity index (χ0v) is 45.4. The molecule has 5 aromatic heterocycles. The summed E-state index contributed by atoms with van der Waals surface area (Å²) in [5, 5.41) is 1.85. The minimum atomic E-state index is 0.597. The lowest BCUT2D eigenvalue weighted by Gasteiger charge is -2.17. The van der Waals surface area contributed by atoms with E-state index in [-0.39, 0.29) is 0 Å². The third kappa shape index (κ3) is 8.99. The first-order chi connectivity index (χ1) is 41.0. The van der Waals surface area contributed by atoms with Gasteiger partial charge in [-0.25, -0.2) is 24.9 Å². The predicted molar refractivity (Wildman–Crippen MR) is 342 cm³/mol. The van der Waals surface area contributed by atoms with Gasteiger partial charge in [-0.15, -0.1) is 0 Å². The van der Waals surface area contributed by atoms with Gasteiger partial charge in [0.15, 0.2) is 0 Å². The summed E-state index contributed by atoms with van der Waals surface area (Å²) >= 11 is 0. The van der Waals surface area contributed by atoms with Crippen molar-refractivity contribution in [1.82, 2.24) is 38.3 Å². The Morgan fingerprint density at radius 1 is 0.410 bits per heavy atom. The number of nitrogens with zero attached hydrogens (tertiary/aromatic N) is 8. The summed E-state index contributed by atoms with van der Waals surface area (Å²) < 4.78 is 6.61. The standard InChI is InChI=1S/C74H53N9/c1-3-50(65-68(53-32-14-6-15-33-53)81(49(2)51-28-10-4-11-29-51)72(79-65)58-40-22-25-43-61(58)75)48-57(66-69(54-34-16-7-17-35-54)83-71(56-38-20-9-21-39-56)77-63-45-27-24-42-60(63)74(83)80-66)46-47-64-67(52-30-12-5-13-31-52)82-70(55-36-18-8-19-37-55)76-62-44-26-23-41-59(62)73(82)78-64/h3-48H,2,75H2,1H3/b47-46+,50-3+,57-48+. The van der Waals surface area contributed by atoms with Crippen LogP contribution in [0.25, 0.3) is 124 Å². The lowest BCUT2D eigenvalue weighted by Crippen LogP contribution is -2.04. The van der Waals surface area contributed by atoms with Gasteiger partial charge in [-0.1, -0.05) is 237 Å². The van der Waals surface area contributed by atoms with Crippen molar-refractivity contribution in [1.29, 1.82) is 0 Å². The molecule has 83 heavy (non-hydrogen) atoms. The number of para-hydroxylation sites is 3. The number of benzene rings is 9. The van der Waals surface area contributed by atoms with Crippen LogP contribution in [0, 0.1) is 0 Å². The van der Waals surface area contributed by atoms with Crippen molar-refractivity contribution in [3.63, 3.8) is 0 Å². The van der Waals surface area contributed by atoms with Crippen LogP contribution >= 0.6 is 0 Å². The largest absolute Gasteiger partial charge is 0.398 e. The molecule has 14 aromatic rings. The first kappa shape index (κ1) is 50.0. The molecule has 0 amide bonds. The van der Waals surface area contributed by atoms with Crippen LogP contribution in [0.3, 0.4) is 0 Å². The van der Waals surface area contributed by atoms with Crippen LogP contribution < -0.4 is 5.73 Å². The number of imidazole rings is 3. The Morgan fingerprint density at radius 2 is 0.843 bits per heavy atom. The van der Waals surface area contributed by atoms with Crippen molar-refractivity contribution in [3.05, 3.63) is 302 Å². The molecular formula is C74H53N9. The van der Waals surface area contributed by atoms with E-state index in [1.165, 1.54) is 0 Å². The quantitative estimate of drug-likeness (QED) is 0.0911. The van der Waals surface area contributed by atoms with E-state index in [0.29, 0.717) is 11.5 Å². The molecule has 0 atom stereocenters. The zero-order chi connectivity index (χ0) is 55.8. The van der Waals surface area contributed by atoms with E-state index in [4.69, 9.17) is 37.2 Å². The monoisotopic (exact) mass is 1070 g/mol. The van der Waals surface area contributed by atoms with Crippen LogP contribution in [-0.2, 0) is 0 Å². The molecule has 9 aromatic carbocycles. The highest BCUT2D eigenvalue weighted by Gasteiger charge is 2.28. The maximum absolute atomic E-state index is 6.93. The molecule has 0 bridgehead atoms. The van der Waals surface area contributed by atoms with Crippen LogP contribution in [0.15, 0.2) is 280 Å². The Hall–Kier alpha value is -11.3. The van der Waals surface area contributed by atoms with E-state index < -0.39 is 0 Å². The van der Waals surface area contributed by atoms with E-state index >= 15 is 0 Å². The highest BCUT2D eigenvalue weighted by molar-refractivity contribution is 6.02. The SMILES string of the molecule is C=C(c1ccccc1)n1c(-c2ccccc2N)nc(C(=C/C)/C=C(\C=C\c2nc3c4ccccc4nc(-c4ccccc4)n3c2-c2ccccc2)c2nc3c4ccccc4nc(-c4ccccc4)n3c2-c2ccccc2)c1-c1ccccc1. The van der Waals surface area contributed by atoms with Crippen LogP contribution in [0.4, 0.5) is 5.69 Å². The number of nitrogens with two attached hydrogens (primary N) is 1. The third-order valence-electron chi connectivity index (χ3n) is 15.2. The summed E-state index contributed by atoms with van der Waals surface area (Å²) in [6, 6.07) is 86.7. The van der Waals surface area contributed by atoms with Crippen molar-refractivity contribution >= 4 is 61.7 Å². The van der Waals surface area contributed by atoms with Gasteiger partial charge in [0.05, 0.1) is 45.2 Å². The highest BCUT2D eigenvalue weighted by Crippen LogP contribution is 2.43. The molecule has 394 valence electrons. The van der Waals surface area contributed by atoms with Crippen LogP contribution in [0.1, 0.15) is 29.6 Å². The van der Waals surface area contributed by atoms with Gasteiger partial charge in [-0.3, -0.25) is 13.4 Å². The molecule has 0 spiro atoms. The number of rotatable bonds is 13. The fourth-order valence-corrected chi connectivity index (χ4v) is 11.3. The number of aromatic nitrogens is 8. The Kier molecular flexibility index (Phi) is 12.9. The number of nitrogen functional groups attached to an aromatic ring is 1. The normalized spacial score (nSPS) is 12.1. The second-order valence-corrected chi connectivity index (χ2v) is 20.3. The third-order valence-corrected chi connectivity index (χ3v) is 15.2. The number of hydrogen-bond donors (Lipinski definition) is 1. The Balaban J connectivity index is 1.10. The summed E-state index contributed by atoms with van der Waals surface area (Å²) in [5.74, 6) is 2.21. The Morgan fingerprint density at radius 3 is 1.39 bits per heavy atom. The lowest BCUT2D eigenvalue weighted by atomic mass is 9.98. The molecular weight excluding hydrogens is 1010 g/mol. The summed E-state index contributed by atoms with van der Waals surface area (Å²) in [4.78, 5) is 28.0. The summed E-state index contributed by atoms with van der Waals surface area (Å²) in [6.07, 6.45) is 8.65. The van der Waals surface area contributed by atoms with E-state index in [1.54, 1.807) is 0 Å². The Labute approximate surface area is 480 Å². The summed E-state index contributed by atoms with van der Waals surface area (Å²) in [5.41, 5.74) is 24.5. The van der Waals surface area contributed by atoms with Gasteiger partial charge in [0.25, 0.3) is 0 Å². The number of hydrogen-bond acceptors (Lipinski definition) is 6. The van der Waals surface area contributed by atoms with Crippen molar-refractivity contribution in [2.75, 3.05) is 5.73 Å². The lowest BCUT2D eigenvalue weighted by molar-refractivity contribution is 1.11. The van der Waals surface area contributed by atoms with Crippen LogP contribution in [0.2, 0.25) is 0 Å². The first-order valence-electron chi connectivity index (χ1n) is 27.7. The van der Waals surface area contributed by atoms with Crippen LogP contribution in [0.5, 0.6) is 0 Å². The smallest absolute Gasteiger partial charge is 0.149 e. The van der Waals surface area contributed by atoms with Gasteiger partial charge < -0.3 is 5.73 Å². The minimum absolute atomic E-state index is 0.597.